The number of hydrogen-bond donors (Lipinski definition) is 0. The van der Waals surface area contributed by atoms with Gasteiger partial charge in [0.15, 0.2) is 0 Å². The molecular formula is C16H15N3O. The van der Waals surface area contributed by atoms with E-state index in [1.54, 1.807) is 11.1 Å². The first kappa shape index (κ1) is 12.4. The average Bonchev–Trinajstić information content (AvgIpc) is 2.77. The van der Waals surface area contributed by atoms with Gasteiger partial charge in [-0.1, -0.05) is 18.2 Å². The minimum atomic E-state index is -0.0858. The summed E-state index contributed by atoms with van der Waals surface area (Å²) < 4.78 is 0. The van der Waals surface area contributed by atoms with E-state index in [4.69, 9.17) is 0 Å². The van der Waals surface area contributed by atoms with Crippen molar-refractivity contribution in [1.82, 2.24) is 4.90 Å². The van der Waals surface area contributed by atoms with E-state index in [0.717, 1.165) is 11.3 Å². The third-order valence-corrected chi connectivity index (χ3v) is 3.22. The Kier molecular flexibility index (Phi) is 2.99. The van der Waals surface area contributed by atoms with E-state index in [9.17, 15) is 4.79 Å². The van der Waals surface area contributed by atoms with Crippen molar-refractivity contribution < 1.29 is 4.79 Å². The lowest BCUT2D eigenvalue weighted by atomic mass is 10.1. The lowest BCUT2D eigenvalue weighted by molar-refractivity contribution is -0.120. The van der Waals surface area contributed by atoms with Gasteiger partial charge in [0.2, 0.25) is 0 Å². The fourth-order valence-corrected chi connectivity index (χ4v) is 2.11. The van der Waals surface area contributed by atoms with E-state index in [2.05, 4.69) is 4.99 Å². The average molecular weight is 265 g/mol. The molecule has 20 heavy (non-hydrogen) atoms. The van der Waals surface area contributed by atoms with E-state index in [1.807, 2.05) is 67.6 Å². The number of rotatable bonds is 2. The smallest absolute Gasteiger partial charge is 0.282 e. The van der Waals surface area contributed by atoms with Crippen molar-refractivity contribution in [2.45, 2.75) is 0 Å². The Bertz CT molecular complexity index is 663. The summed E-state index contributed by atoms with van der Waals surface area (Å²) in [5.41, 5.74) is 2.56. The SMILES string of the molecule is CN(C)c1ccc(/C=C2\N=C3C=CC=CN3C2=O)cc1. The molecule has 0 bridgehead atoms. The van der Waals surface area contributed by atoms with Crippen LogP contribution in [0.3, 0.4) is 0 Å². The fraction of sp³-hybridized carbons (Fsp3) is 0.125. The largest absolute Gasteiger partial charge is 0.378 e. The number of amides is 1. The lowest BCUT2D eigenvalue weighted by Crippen LogP contribution is -2.26. The fourth-order valence-electron chi connectivity index (χ4n) is 2.11. The van der Waals surface area contributed by atoms with Crippen molar-refractivity contribution in [3.05, 3.63) is 60.0 Å². The Morgan fingerprint density at radius 2 is 1.90 bits per heavy atom. The Morgan fingerprint density at radius 1 is 1.15 bits per heavy atom. The summed E-state index contributed by atoms with van der Waals surface area (Å²) in [6.07, 6.45) is 9.07. The normalized spacial score (nSPS) is 18.5. The van der Waals surface area contributed by atoms with Crippen LogP contribution in [-0.4, -0.2) is 30.7 Å². The molecular weight excluding hydrogens is 250 g/mol. The maximum atomic E-state index is 12.2. The van der Waals surface area contributed by atoms with Crippen LogP contribution in [-0.2, 0) is 4.79 Å². The van der Waals surface area contributed by atoms with Gasteiger partial charge in [-0.05, 0) is 35.9 Å². The second kappa shape index (κ2) is 4.81. The quantitative estimate of drug-likeness (QED) is 0.770. The molecule has 4 nitrogen and oxygen atoms in total. The number of allylic oxidation sites excluding steroid dienone is 2. The predicted octanol–water partition coefficient (Wildman–Crippen LogP) is 2.42. The molecule has 2 aliphatic heterocycles. The summed E-state index contributed by atoms with van der Waals surface area (Å²) in [5, 5.41) is 0. The minimum Gasteiger partial charge on any atom is -0.378 e. The molecule has 0 aliphatic carbocycles. The van der Waals surface area contributed by atoms with Gasteiger partial charge < -0.3 is 4.90 Å². The zero-order valence-corrected chi connectivity index (χ0v) is 11.4. The van der Waals surface area contributed by atoms with Crippen molar-refractivity contribution in [1.29, 1.82) is 0 Å². The van der Waals surface area contributed by atoms with Gasteiger partial charge in [0.05, 0.1) is 0 Å². The molecule has 100 valence electrons. The van der Waals surface area contributed by atoms with Crippen LogP contribution < -0.4 is 4.90 Å². The number of anilines is 1. The van der Waals surface area contributed by atoms with Crippen molar-refractivity contribution in [2.24, 2.45) is 4.99 Å². The molecule has 0 saturated carbocycles. The molecule has 1 aromatic carbocycles. The van der Waals surface area contributed by atoms with Gasteiger partial charge in [0.1, 0.15) is 11.5 Å². The van der Waals surface area contributed by atoms with E-state index in [1.165, 1.54) is 0 Å². The van der Waals surface area contributed by atoms with E-state index in [0.29, 0.717) is 11.5 Å². The van der Waals surface area contributed by atoms with Crippen LogP contribution in [0, 0.1) is 0 Å². The molecule has 0 atom stereocenters. The topological polar surface area (TPSA) is 35.9 Å². The number of carbonyl (C=O) groups is 1. The Morgan fingerprint density at radius 3 is 2.55 bits per heavy atom. The van der Waals surface area contributed by atoms with Crippen LogP contribution in [0.2, 0.25) is 0 Å². The zero-order chi connectivity index (χ0) is 14.1. The molecule has 1 aromatic rings. The number of fused-ring (bicyclic) bond motifs is 1. The number of aliphatic imine (C=N–C) groups is 1. The predicted molar refractivity (Wildman–Crippen MR) is 81.3 cm³/mol. The highest BCUT2D eigenvalue weighted by Gasteiger charge is 2.27. The highest BCUT2D eigenvalue weighted by molar-refractivity contribution is 6.18. The number of carbonyl (C=O) groups excluding carboxylic acids is 1. The van der Waals surface area contributed by atoms with Crippen LogP contribution in [0.4, 0.5) is 5.69 Å². The van der Waals surface area contributed by atoms with E-state index >= 15 is 0 Å². The van der Waals surface area contributed by atoms with Crippen LogP contribution in [0.15, 0.2) is 59.4 Å². The summed E-state index contributed by atoms with van der Waals surface area (Å²) in [4.78, 5) is 20.1. The monoisotopic (exact) mass is 265 g/mol. The molecule has 0 radical (unpaired) electrons. The number of nitrogens with zero attached hydrogens (tertiary/aromatic N) is 3. The van der Waals surface area contributed by atoms with Crippen LogP contribution in [0.1, 0.15) is 5.56 Å². The molecule has 0 saturated heterocycles. The van der Waals surface area contributed by atoms with E-state index in [-0.39, 0.29) is 5.91 Å². The van der Waals surface area contributed by atoms with Gasteiger partial charge in [-0.15, -0.1) is 0 Å². The molecule has 0 fully saturated rings. The minimum absolute atomic E-state index is 0.0858. The Balaban J connectivity index is 1.89. The Hall–Kier alpha value is -2.62. The molecule has 3 rings (SSSR count). The summed E-state index contributed by atoms with van der Waals surface area (Å²) >= 11 is 0. The number of benzene rings is 1. The summed E-state index contributed by atoms with van der Waals surface area (Å²) in [7, 11) is 3.99. The summed E-state index contributed by atoms with van der Waals surface area (Å²) in [6.45, 7) is 0. The summed E-state index contributed by atoms with van der Waals surface area (Å²) in [5.74, 6) is 0.589. The molecule has 0 spiro atoms. The van der Waals surface area contributed by atoms with Gasteiger partial charge in [0.25, 0.3) is 5.91 Å². The highest BCUT2D eigenvalue weighted by atomic mass is 16.2. The molecule has 0 N–H and O–H groups in total. The second-order valence-corrected chi connectivity index (χ2v) is 4.86. The maximum Gasteiger partial charge on any atom is 0.282 e. The third-order valence-electron chi connectivity index (χ3n) is 3.22. The van der Waals surface area contributed by atoms with Crippen LogP contribution >= 0.6 is 0 Å². The number of hydrogen-bond acceptors (Lipinski definition) is 3. The van der Waals surface area contributed by atoms with Crippen molar-refractivity contribution >= 4 is 23.5 Å². The molecule has 2 heterocycles. The Labute approximate surface area is 118 Å². The first-order valence-electron chi connectivity index (χ1n) is 6.41. The zero-order valence-electron chi connectivity index (χ0n) is 11.4. The highest BCUT2D eigenvalue weighted by Crippen LogP contribution is 2.22. The van der Waals surface area contributed by atoms with Gasteiger partial charge in [-0.3, -0.25) is 9.69 Å². The van der Waals surface area contributed by atoms with Gasteiger partial charge in [0, 0.05) is 26.0 Å². The first-order valence-corrected chi connectivity index (χ1v) is 6.41. The van der Waals surface area contributed by atoms with Gasteiger partial charge >= 0.3 is 0 Å². The standard InChI is InChI=1S/C16H15N3O/c1-18(2)13-8-6-12(7-9-13)11-14-16(20)19-10-4-3-5-15(19)17-14/h3-11H,1-2H3/b14-11-. The van der Waals surface area contributed by atoms with Gasteiger partial charge in [-0.2, -0.15) is 0 Å². The molecule has 4 heteroatoms. The first-order chi connectivity index (χ1) is 9.65. The molecule has 0 unspecified atom stereocenters. The van der Waals surface area contributed by atoms with Crippen molar-refractivity contribution in [3.63, 3.8) is 0 Å². The molecule has 1 amide bonds. The lowest BCUT2D eigenvalue weighted by Gasteiger charge is -2.12. The number of amidine groups is 1. The third kappa shape index (κ3) is 2.16. The van der Waals surface area contributed by atoms with Crippen molar-refractivity contribution in [2.75, 3.05) is 19.0 Å². The summed E-state index contributed by atoms with van der Waals surface area (Å²) in [6, 6.07) is 8.01. The molecule has 2 aliphatic rings. The maximum absolute atomic E-state index is 12.2. The van der Waals surface area contributed by atoms with Crippen LogP contribution in [0.25, 0.3) is 6.08 Å². The van der Waals surface area contributed by atoms with Crippen LogP contribution in [0.5, 0.6) is 0 Å². The van der Waals surface area contributed by atoms with Gasteiger partial charge in [-0.25, -0.2) is 4.99 Å². The molecule has 0 aromatic heterocycles. The van der Waals surface area contributed by atoms with E-state index < -0.39 is 0 Å². The van der Waals surface area contributed by atoms with Crippen molar-refractivity contribution in [3.8, 4) is 0 Å². The second-order valence-electron chi connectivity index (χ2n) is 4.86.